The van der Waals surface area contributed by atoms with E-state index in [4.69, 9.17) is 14.2 Å². The number of aromatic nitrogens is 1. The van der Waals surface area contributed by atoms with Gasteiger partial charge in [-0.2, -0.15) is 0 Å². The number of carbonyl (C=O) groups excluding carboxylic acids is 1. The Morgan fingerprint density at radius 2 is 1.80 bits per heavy atom. The third-order valence-corrected chi connectivity index (χ3v) is 5.99. The van der Waals surface area contributed by atoms with E-state index in [1.807, 2.05) is 47.8 Å². The molecule has 0 atom stereocenters. The van der Waals surface area contributed by atoms with Gasteiger partial charge >= 0.3 is 0 Å². The van der Waals surface area contributed by atoms with Crippen molar-refractivity contribution in [1.29, 1.82) is 0 Å². The largest absolute Gasteiger partial charge is 0.494 e. The molecule has 3 rings (SSSR count). The van der Waals surface area contributed by atoms with Crippen molar-refractivity contribution < 1.29 is 19.0 Å². The van der Waals surface area contributed by atoms with Gasteiger partial charge in [-0.05, 0) is 60.9 Å². The van der Waals surface area contributed by atoms with Gasteiger partial charge in [-0.15, -0.1) is 11.3 Å². The highest BCUT2D eigenvalue weighted by molar-refractivity contribution is 7.14. The van der Waals surface area contributed by atoms with Crippen molar-refractivity contribution in [3.05, 3.63) is 59.5 Å². The zero-order valence-corrected chi connectivity index (χ0v) is 21.5. The molecule has 6 nitrogen and oxygen atoms in total. The van der Waals surface area contributed by atoms with E-state index in [0.717, 1.165) is 41.8 Å². The molecule has 0 aliphatic carbocycles. The zero-order chi connectivity index (χ0) is 24.9. The highest BCUT2D eigenvalue weighted by Crippen LogP contribution is 2.29. The van der Waals surface area contributed by atoms with Gasteiger partial charge < -0.3 is 14.2 Å². The third-order valence-electron chi connectivity index (χ3n) is 5.23. The van der Waals surface area contributed by atoms with Crippen LogP contribution in [0.25, 0.3) is 17.3 Å². The molecule has 0 unspecified atom stereocenters. The van der Waals surface area contributed by atoms with Crippen molar-refractivity contribution in [2.75, 3.05) is 25.6 Å². The molecule has 0 saturated carbocycles. The van der Waals surface area contributed by atoms with Crippen LogP contribution in [0.2, 0.25) is 0 Å². The van der Waals surface area contributed by atoms with Crippen LogP contribution in [0.15, 0.2) is 53.9 Å². The van der Waals surface area contributed by atoms with Crippen LogP contribution in [0.1, 0.15) is 51.5 Å². The highest BCUT2D eigenvalue weighted by atomic mass is 32.1. The van der Waals surface area contributed by atoms with Gasteiger partial charge in [-0.25, -0.2) is 4.98 Å². The van der Waals surface area contributed by atoms with E-state index in [9.17, 15) is 4.79 Å². The van der Waals surface area contributed by atoms with Gasteiger partial charge in [-0.1, -0.05) is 39.2 Å². The monoisotopic (exact) mass is 494 g/mol. The van der Waals surface area contributed by atoms with E-state index < -0.39 is 0 Å². The summed E-state index contributed by atoms with van der Waals surface area (Å²) in [6, 6.07) is 13.4. The molecule has 7 heteroatoms. The molecule has 0 fully saturated rings. The second kappa shape index (κ2) is 14.2. The number of unbranched alkanes of at least 4 members (excludes halogenated alkanes) is 3. The Balaban J connectivity index is 1.54. The molecule has 0 aliphatic rings. The number of nitrogens with one attached hydrogen (secondary N) is 1. The van der Waals surface area contributed by atoms with Crippen LogP contribution >= 0.6 is 11.3 Å². The summed E-state index contributed by atoms with van der Waals surface area (Å²) >= 11 is 1.39. The number of hydrogen-bond donors (Lipinski definition) is 1. The standard InChI is InChI=1S/C28H34N2O4S/c1-4-6-7-8-18-34-25-15-9-21(19-26(25)32-3)10-16-27(31)30-28-29-24(20-35-28)22-11-13-23(14-12-22)33-17-5-2/h9-16,19-20H,4-8,17-18H2,1-3H3,(H,29,30,31)/b16-10+. The first-order valence-electron chi connectivity index (χ1n) is 12.1. The van der Waals surface area contributed by atoms with Crippen LogP contribution in [0.5, 0.6) is 17.2 Å². The summed E-state index contributed by atoms with van der Waals surface area (Å²) in [7, 11) is 1.62. The van der Waals surface area contributed by atoms with E-state index in [0.29, 0.717) is 29.8 Å². The zero-order valence-electron chi connectivity index (χ0n) is 20.7. The van der Waals surface area contributed by atoms with E-state index in [2.05, 4.69) is 24.1 Å². The van der Waals surface area contributed by atoms with E-state index >= 15 is 0 Å². The van der Waals surface area contributed by atoms with Gasteiger partial charge in [0.25, 0.3) is 0 Å². The molecule has 186 valence electrons. The molecular formula is C28H34N2O4S. The summed E-state index contributed by atoms with van der Waals surface area (Å²) in [4.78, 5) is 17.0. The molecule has 1 heterocycles. The van der Waals surface area contributed by atoms with Gasteiger partial charge in [-0.3, -0.25) is 10.1 Å². The fourth-order valence-corrected chi connectivity index (χ4v) is 4.07. The molecule has 0 spiro atoms. The van der Waals surface area contributed by atoms with E-state index in [1.165, 1.54) is 30.3 Å². The Hall–Kier alpha value is -3.32. The molecule has 0 radical (unpaired) electrons. The maximum atomic E-state index is 12.4. The fraction of sp³-hybridized carbons (Fsp3) is 0.357. The predicted octanol–water partition coefficient (Wildman–Crippen LogP) is 7.22. The van der Waals surface area contributed by atoms with Crippen molar-refractivity contribution in [2.24, 2.45) is 0 Å². The Kier molecular flexibility index (Phi) is 10.6. The molecule has 35 heavy (non-hydrogen) atoms. The molecule has 1 aromatic heterocycles. The minimum Gasteiger partial charge on any atom is -0.494 e. The quantitative estimate of drug-likeness (QED) is 0.189. The number of ether oxygens (including phenoxy) is 3. The van der Waals surface area contributed by atoms with Gasteiger partial charge in [0, 0.05) is 17.0 Å². The minimum atomic E-state index is -0.246. The lowest BCUT2D eigenvalue weighted by Crippen LogP contribution is -2.07. The van der Waals surface area contributed by atoms with Crippen LogP contribution < -0.4 is 19.5 Å². The third kappa shape index (κ3) is 8.44. The van der Waals surface area contributed by atoms with E-state index in [1.54, 1.807) is 13.2 Å². The van der Waals surface area contributed by atoms with Gasteiger partial charge in [0.1, 0.15) is 5.75 Å². The molecule has 3 aromatic rings. The van der Waals surface area contributed by atoms with Crippen LogP contribution in [0.4, 0.5) is 5.13 Å². The molecule has 0 saturated heterocycles. The number of methoxy groups -OCH3 is 1. The van der Waals surface area contributed by atoms with Gasteiger partial charge in [0.15, 0.2) is 16.6 Å². The summed E-state index contributed by atoms with van der Waals surface area (Å²) < 4.78 is 16.9. The second-order valence-electron chi connectivity index (χ2n) is 8.05. The number of rotatable bonds is 14. The van der Waals surface area contributed by atoms with Gasteiger partial charge in [0.05, 0.1) is 26.0 Å². The molecule has 1 N–H and O–H groups in total. The van der Waals surface area contributed by atoms with Gasteiger partial charge in [0.2, 0.25) is 5.91 Å². The fourth-order valence-electron chi connectivity index (χ4n) is 3.34. The SMILES string of the molecule is CCCCCCOc1ccc(/C=C/C(=O)Nc2nc(-c3ccc(OCCC)cc3)cs2)cc1OC. The normalized spacial score (nSPS) is 10.9. The summed E-state index contributed by atoms with van der Waals surface area (Å²) in [5, 5.41) is 5.30. The summed E-state index contributed by atoms with van der Waals surface area (Å²) in [5.74, 6) is 1.96. The second-order valence-corrected chi connectivity index (χ2v) is 8.91. The number of anilines is 1. The Bertz CT molecular complexity index is 1090. The summed E-state index contributed by atoms with van der Waals surface area (Å²) in [6.07, 6.45) is 8.80. The molecule has 1 amide bonds. The van der Waals surface area contributed by atoms with Crippen LogP contribution in [-0.4, -0.2) is 31.2 Å². The average Bonchev–Trinajstić information content (AvgIpc) is 3.35. The van der Waals surface area contributed by atoms with E-state index in [-0.39, 0.29) is 5.91 Å². The Morgan fingerprint density at radius 1 is 0.971 bits per heavy atom. The Morgan fingerprint density at radius 3 is 2.54 bits per heavy atom. The number of thiazole rings is 1. The van der Waals surface area contributed by atoms with Crippen LogP contribution in [-0.2, 0) is 4.79 Å². The molecule has 2 aromatic carbocycles. The highest BCUT2D eigenvalue weighted by Gasteiger charge is 2.08. The number of benzene rings is 2. The number of amides is 1. The van der Waals surface area contributed by atoms with Crippen LogP contribution in [0, 0.1) is 0 Å². The van der Waals surface area contributed by atoms with Crippen LogP contribution in [0.3, 0.4) is 0 Å². The summed E-state index contributed by atoms with van der Waals surface area (Å²) in [6.45, 7) is 5.63. The molecule has 0 bridgehead atoms. The Labute approximate surface area is 212 Å². The first-order chi connectivity index (χ1) is 17.1. The lowest BCUT2D eigenvalue weighted by molar-refractivity contribution is -0.111. The number of hydrogen-bond acceptors (Lipinski definition) is 6. The van der Waals surface area contributed by atoms with Crippen molar-refractivity contribution in [3.8, 4) is 28.5 Å². The maximum absolute atomic E-state index is 12.4. The molecular weight excluding hydrogens is 460 g/mol. The maximum Gasteiger partial charge on any atom is 0.250 e. The lowest BCUT2D eigenvalue weighted by Gasteiger charge is -2.11. The van der Waals surface area contributed by atoms with Crippen molar-refractivity contribution >= 4 is 28.5 Å². The van der Waals surface area contributed by atoms with Crippen molar-refractivity contribution in [1.82, 2.24) is 4.98 Å². The first-order valence-corrected chi connectivity index (χ1v) is 13.0. The number of carbonyl (C=O) groups is 1. The lowest BCUT2D eigenvalue weighted by atomic mass is 10.2. The minimum absolute atomic E-state index is 0.246. The number of nitrogens with zero attached hydrogens (tertiary/aromatic N) is 1. The topological polar surface area (TPSA) is 69.7 Å². The predicted molar refractivity (Wildman–Crippen MR) is 144 cm³/mol. The van der Waals surface area contributed by atoms with Crippen molar-refractivity contribution in [2.45, 2.75) is 46.0 Å². The molecule has 0 aliphatic heterocycles. The average molecular weight is 495 g/mol. The van der Waals surface area contributed by atoms with Crippen molar-refractivity contribution in [3.63, 3.8) is 0 Å². The smallest absolute Gasteiger partial charge is 0.250 e. The first kappa shape index (κ1) is 26.3. The summed E-state index contributed by atoms with van der Waals surface area (Å²) in [5.41, 5.74) is 2.63.